The van der Waals surface area contributed by atoms with Crippen LogP contribution in [-0.4, -0.2) is 30.0 Å². The second kappa shape index (κ2) is 5.94. The van der Waals surface area contributed by atoms with Crippen molar-refractivity contribution in [2.45, 2.75) is 25.0 Å². The minimum Gasteiger partial charge on any atom is -0.326 e. The third kappa shape index (κ3) is 2.96. The van der Waals surface area contributed by atoms with Crippen molar-refractivity contribution in [3.05, 3.63) is 32.1 Å². The smallest absolute Gasteiger partial charge is 0.262 e. The van der Waals surface area contributed by atoms with Gasteiger partial charge in [-0.2, -0.15) is 9.40 Å². The minimum absolute atomic E-state index is 0.00861. The van der Waals surface area contributed by atoms with E-state index in [-0.39, 0.29) is 11.6 Å². The lowest BCUT2D eigenvalue weighted by Gasteiger charge is -2.15. The Bertz CT molecular complexity index is 708. The summed E-state index contributed by atoms with van der Waals surface area (Å²) in [6.07, 6.45) is 0. The molecule has 2 aromatic rings. The molecular weight excluding hydrogens is 364 g/mol. The molecule has 110 valence electrons. The summed E-state index contributed by atoms with van der Waals surface area (Å²) in [4.78, 5) is 0. The van der Waals surface area contributed by atoms with Gasteiger partial charge in [0.1, 0.15) is 0 Å². The first kappa shape index (κ1) is 15.6. The summed E-state index contributed by atoms with van der Waals surface area (Å²) in [5.74, 6) is 0. The van der Waals surface area contributed by atoms with Crippen LogP contribution in [-0.2, 0) is 23.1 Å². The molecule has 0 aliphatic rings. The first-order valence-corrected chi connectivity index (χ1v) is 8.90. The molecule has 2 aromatic heterocycles. The van der Waals surface area contributed by atoms with Crippen LogP contribution in [0.5, 0.6) is 0 Å². The first-order valence-electron chi connectivity index (χ1n) is 5.79. The van der Waals surface area contributed by atoms with Crippen molar-refractivity contribution in [3.63, 3.8) is 0 Å². The molecule has 0 aliphatic heterocycles. The Morgan fingerprint density at radius 2 is 2.25 bits per heavy atom. The fourth-order valence-corrected chi connectivity index (χ4v) is 4.33. The molecule has 2 rings (SSSR count). The van der Waals surface area contributed by atoms with Crippen LogP contribution in [0.1, 0.15) is 16.8 Å². The molecule has 3 N–H and O–H groups in total. The molecule has 0 aromatic carbocycles. The molecule has 2 heterocycles. The topological polar surface area (TPSA) is 92.1 Å². The predicted molar refractivity (Wildman–Crippen MR) is 81.9 cm³/mol. The Hall–Kier alpha value is -0.740. The van der Waals surface area contributed by atoms with E-state index >= 15 is 0 Å². The average molecular weight is 379 g/mol. The van der Waals surface area contributed by atoms with Gasteiger partial charge in [-0.05, 0) is 39.9 Å². The predicted octanol–water partition coefficient (Wildman–Crippen LogP) is 1.82. The largest absolute Gasteiger partial charge is 0.326 e. The number of aromatic amines is 1. The van der Waals surface area contributed by atoms with E-state index in [0.717, 1.165) is 9.35 Å². The van der Waals surface area contributed by atoms with Crippen LogP contribution in [0.15, 0.2) is 20.3 Å². The van der Waals surface area contributed by atoms with E-state index in [9.17, 15) is 8.42 Å². The van der Waals surface area contributed by atoms with Crippen LogP contribution >= 0.6 is 27.3 Å². The maximum atomic E-state index is 12.5. The highest BCUT2D eigenvalue weighted by Gasteiger charge is 2.27. The second-order valence-corrected chi connectivity index (χ2v) is 8.61. The van der Waals surface area contributed by atoms with Gasteiger partial charge in [-0.3, -0.25) is 5.10 Å². The molecular formula is C11H15BrN4O2S2. The van der Waals surface area contributed by atoms with Gasteiger partial charge in [0.25, 0.3) is 10.0 Å². The van der Waals surface area contributed by atoms with Gasteiger partial charge in [-0.15, -0.1) is 11.3 Å². The fraction of sp³-hybridized carbons (Fsp3) is 0.364. The zero-order valence-corrected chi connectivity index (χ0v) is 14.3. The van der Waals surface area contributed by atoms with Crippen LogP contribution < -0.4 is 5.73 Å². The maximum absolute atomic E-state index is 12.5. The van der Waals surface area contributed by atoms with E-state index in [4.69, 9.17) is 5.73 Å². The van der Waals surface area contributed by atoms with Gasteiger partial charge in [0.05, 0.1) is 3.79 Å². The van der Waals surface area contributed by atoms with Crippen molar-refractivity contribution in [3.8, 4) is 0 Å². The van der Waals surface area contributed by atoms with E-state index in [1.54, 1.807) is 6.92 Å². The van der Waals surface area contributed by atoms with Crippen molar-refractivity contribution >= 4 is 37.3 Å². The number of H-pyrrole nitrogens is 1. The van der Waals surface area contributed by atoms with Crippen molar-refractivity contribution < 1.29 is 8.42 Å². The number of nitrogens with two attached hydrogens (primary N) is 1. The summed E-state index contributed by atoms with van der Waals surface area (Å²) in [7, 11) is -2.12. The molecule has 9 heteroatoms. The SMILES string of the molecule is Cc1[nH]nc(S(=O)(=O)N(C)Cc2csc(Br)c2)c1CN. The third-order valence-electron chi connectivity index (χ3n) is 2.92. The van der Waals surface area contributed by atoms with Crippen LogP contribution in [0.4, 0.5) is 0 Å². The summed E-state index contributed by atoms with van der Waals surface area (Å²) in [6.45, 7) is 2.18. The monoisotopic (exact) mass is 378 g/mol. The normalized spacial score (nSPS) is 12.2. The third-order valence-corrected chi connectivity index (χ3v) is 6.25. The molecule has 0 amide bonds. The second-order valence-electron chi connectivity index (χ2n) is 4.36. The number of hydrogen-bond acceptors (Lipinski definition) is 5. The molecule has 0 atom stereocenters. The van der Waals surface area contributed by atoms with E-state index in [0.29, 0.717) is 17.8 Å². The van der Waals surface area contributed by atoms with Gasteiger partial charge >= 0.3 is 0 Å². The molecule has 0 radical (unpaired) electrons. The molecule has 0 fully saturated rings. The summed E-state index contributed by atoms with van der Waals surface area (Å²) in [5, 5.41) is 8.48. The van der Waals surface area contributed by atoms with Crippen molar-refractivity contribution in [1.82, 2.24) is 14.5 Å². The minimum atomic E-state index is -3.65. The molecule has 0 bridgehead atoms. The van der Waals surface area contributed by atoms with Gasteiger partial charge in [0.15, 0.2) is 5.03 Å². The van der Waals surface area contributed by atoms with Crippen LogP contribution in [0.2, 0.25) is 0 Å². The Morgan fingerprint density at radius 1 is 1.55 bits per heavy atom. The number of nitrogens with one attached hydrogen (secondary N) is 1. The average Bonchev–Trinajstić information content (AvgIpc) is 2.95. The highest BCUT2D eigenvalue weighted by atomic mass is 79.9. The van der Waals surface area contributed by atoms with Gasteiger partial charge in [-0.1, -0.05) is 0 Å². The summed E-state index contributed by atoms with van der Waals surface area (Å²) in [5.41, 5.74) is 7.74. The van der Waals surface area contributed by atoms with Gasteiger partial charge in [0, 0.05) is 31.4 Å². The lowest BCUT2D eigenvalue weighted by atomic mass is 10.3. The zero-order valence-electron chi connectivity index (χ0n) is 11.1. The molecule has 0 saturated heterocycles. The van der Waals surface area contributed by atoms with E-state index < -0.39 is 10.0 Å². The van der Waals surface area contributed by atoms with Crippen molar-refractivity contribution in [1.29, 1.82) is 0 Å². The molecule has 0 aliphatic carbocycles. The lowest BCUT2D eigenvalue weighted by molar-refractivity contribution is 0.463. The van der Waals surface area contributed by atoms with Gasteiger partial charge < -0.3 is 5.73 Å². The summed E-state index contributed by atoms with van der Waals surface area (Å²) < 4.78 is 27.3. The number of hydrogen-bond donors (Lipinski definition) is 2. The summed E-state index contributed by atoms with van der Waals surface area (Å²) in [6, 6.07) is 1.90. The number of thiophene rings is 1. The Labute approximate surface area is 130 Å². The molecule has 6 nitrogen and oxygen atoms in total. The highest BCUT2D eigenvalue weighted by Crippen LogP contribution is 2.24. The van der Waals surface area contributed by atoms with Crippen LogP contribution in [0, 0.1) is 6.92 Å². The Morgan fingerprint density at radius 3 is 2.80 bits per heavy atom. The van der Waals surface area contributed by atoms with E-state index in [1.807, 2.05) is 11.4 Å². The Kier molecular flexibility index (Phi) is 4.65. The number of halogens is 1. The molecule has 0 unspecified atom stereocenters. The van der Waals surface area contributed by atoms with E-state index in [1.165, 1.54) is 22.7 Å². The first-order chi connectivity index (χ1) is 9.36. The standard InChI is InChI=1S/C11H15BrN4O2S2/c1-7-9(4-13)11(15-14-7)20(17,18)16(2)5-8-3-10(12)19-6-8/h3,6H,4-5,13H2,1-2H3,(H,14,15). The van der Waals surface area contributed by atoms with Gasteiger partial charge in [0.2, 0.25) is 0 Å². The summed E-state index contributed by atoms with van der Waals surface area (Å²) >= 11 is 4.88. The highest BCUT2D eigenvalue weighted by molar-refractivity contribution is 9.11. The molecule has 20 heavy (non-hydrogen) atoms. The van der Waals surface area contributed by atoms with Gasteiger partial charge in [-0.25, -0.2) is 8.42 Å². The molecule has 0 saturated carbocycles. The number of aryl methyl sites for hydroxylation is 1. The van der Waals surface area contributed by atoms with E-state index in [2.05, 4.69) is 26.1 Å². The fourth-order valence-electron chi connectivity index (χ4n) is 1.80. The quantitative estimate of drug-likeness (QED) is 0.829. The Balaban J connectivity index is 2.29. The molecule has 0 spiro atoms. The van der Waals surface area contributed by atoms with Crippen LogP contribution in [0.25, 0.3) is 0 Å². The number of sulfonamides is 1. The number of nitrogens with zero attached hydrogens (tertiary/aromatic N) is 2. The zero-order chi connectivity index (χ0) is 14.9. The lowest BCUT2D eigenvalue weighted by Crippen LogP contribution is -2.27. The maximum Gasteiger partial charge on any atom is 0.262 e. The van der Waals surface area contributed by atoms with Crippen LogP contribution in [0.3, 0.4) is 0 Å². The number of aromatic nitrogens is 2. The van der Waals surface area contributed by atoms with Crippen molar-refractivity contribution in [2.24, 2.45) is 5.73 Å². The number of rotatable bonds is 5. The van der Waals surface area contributed by atoms with Crippen molar-refractivity contribution in [2.75, 3.05) is 7.05 Å².